The van der Waals surface area contributed by atoms with Crippen LogP contribution >= 0.6 is 0 Å². The van der Waals surface area contributed by atoms with E-state index in [2.05, 4.69) is 43.4 Å². The van der Waals surface area contributed by atoms with Crippen LogP contribution in [0.4, 0.5) is 0 Å². The number of benzene rings is 1. The lowest BCUT2D eigenvalue weighted by molar-refractivity contribution is 0.0207. The first kappa shape index (κ1) is 12.6. The highest BCUT2D eigenvalue weighted by Crippen LogP contribution is 2.16. The van der Waals surface area contributed by atoms with Crippen LogP contribution in [0.15, 0.2) is 24.3 Å². The first-order valence-corrected chi connectivity index (χ1v) is 6.59. The molecular formula is C15H22NO. The third-order valence-corrected chi connectivity index (χ3v) is 3.35. The summed E-state index contributed by atoms with van der Waals surface area (Å²) in [5.74, 6) is 0.602. The van der Waals surface area contributed by atoms with E-state index < -0.39 is 0 Å². The molecule has 0 unspecified atom stereocenters. The fraction of sp³-hybridized carbons (Fsp3) is 0.600. The maximum absolute atomic E-state index is 5.91. The third-order valence-electron chi connectivity index (χ3n) is 3.35. The summed E-state index contributed by atoms with van der Waals surface area (Å²) in [6, 6.07) is 8.78. The minimum Gasteiger partial charge on any atom is -0.373 e. The Kier molecular flexibility index (Phi) is 4.57. The topological polar surface area (TPSA) is 23.3 Å². The van der Waals surface area contributed by atoms with Crippen LogP contribution in [0.5, 0.6) is 0 Å². The first-order valence-electron chi connectivity index (χ1n) is 6.59. The largest absolute Gasteiger partial charge is 0.373 e. The average Bonchev–Trinajstić information content (AvgIpc) is 2.38. The van der Waals surface area contributed by atoms with Gasteiger partial charge < -0.3 is 4.74 Å². The molecule has 1 aromatic rings. The van der Waals surface area contributed by atoms with Gasteiger partial charge in [0.1, 0.15) is 0 Å². The summed E-state index contributed by atoms with van der Waals surface area (Å²) >= 11 is 0. The maximum Gasteiger partial charge on any atom is 0.0720 e. The molecule has 17 heavy (non-hydrogen) atoms. The molecule has 1 heterocycles. The number of hydrogen-bond donors (Lipinski definition) is 0. The van der Waals surface area contributed by atoms with Crippen molar-refractivity contribution in [2.75, 3.05) is 13.1 Å². The fourth-order valence-corrected chi connectivity index (χ4v) is 2.11. The van der Waals surface area contributed by atoms with Gasteiger partial charge in [-0.15, -0.1) is 0 Å². The zero-order valence-corrected chi connectivity index (χ0v) is 10.9. The van der Waals surface area contributed by atoms with Gasteiger partial charge >= 0.3 is 0 Å². The Bertz CT molecular complexity index is 325. The highest BCUT2D eigenvalue weighted by atomic mass is 16.5. The normalized spacial score (nSPS) is 17.6. The number of rotatable bonds is 4. The van der Waals surface area contributed by atoms with Gasteiger partial charge in [-0.05, 0) is 29.9 Å². The Hall–Kier alpha value is -0.860. The van der Waals surface area contributed by atoms with Gasteiger partial charge in [-0.1, -0.05) is 38.1 Å². The molecule has 2 nitrogen and oxygen atoms in total. The Morgan fingerprint density at radius 1 is 1.18 bits per heavy atom. The molecule has 0 aliphatic carbocycles. The van der Waals surface area contributed by atoms with Crippen molar-refractivity contribution in [3.8, 4) is 0 Å². The van der Waals surface area contributed by atoms with Gasteiger partial charge in [-0.3, -0.25) is 0 Å². The zero-order chi connectivity index (χ0) is 12.1. The molecule has 2 rings (SSSR count). The van der Waals surface area contributed by atoms with Gasteiger partial charge in [0, 0.05) is 13.1 Å². The molecule has 1 fully saturated rings. The Balaban J connectivity index is 1.82. The number of ether oxygens (including phenoxy) is 1. The lowest BCUT2D eigenvalue weighted by Gasteiger charge is -2.22. The molecule has 1 aliphatic rings. The maximum atomic E-state index is 5.91. The molecule has 1 aromatic carbocycles. The molecule has 0 saturated carbocycles. The van der Waals surface area contributed by atoms with Crippen molar-refractivity contribution in [2.24, 2.45) is 0 Å². The Morgan fingerprint density at radius 3 is 2.41 bits per heavy atom. The highest BCUT2D eigenvalue weighted by Gasteiger charge is 2.13. The molecule has 2 heteroatoms. The van der Waals surface area contributed by atoms with Crippen LogP contribution in [-0.4, -0.2) is 19.2 Å². The van der Waals surface area contributed by atoms with Crippen LogP contribution in [0, 0.1) is 0 Å². The van der Waals surface area contributed by atoms with Gasteiger partial charge in [-0.2, -0.15) is 0 Å². The van der Waals surface area contributed by atoms with E-state index in [0.717, 1.165) is 32.5 Å². The van der Waals surface area contributed by atoms with E-state index in [1.54, 1.807) is 0 Å². The average molecular weight is 232 g/mol. The zero-order valence-electron chi connectivity index (χ0n) is 10.9. The van der Waals surface area contributed by atoms with E-state index in [-0.39, 0.29) is 0 Å². The van der Waals surface area contributed by atoms with Crippen LogP contribution in [0.3, 0.4) is 0 Å². The molecule has 0 N–H and O–H groups in total. The van der Waals surface area contributed by atoms with Crippen molar-refractivity contribution < 1.29 is 4.74 Å². The summed E-state index contributed by atoms with van der Waals surface area (Å²) in [6.07, 6.45) is 2.59. The van der Waals surface area contributed by atoms with E-state index in [1.807, 2.05) is 0 Å². The predicted octanol–water partition coefficient (Wildman–Crippen LogP) is 3.09. The Labute approximate surface area is 104 Å². The van der Waals surface area contributed by atoms with E-state index in [4.69, 9.17) is 4.74 Å². The second-order valence-electron chi connectivity index (χ2n) is 5.08. The predicted molar refractivity (Wildman–Crippen MR) is 70.2 cm³/mol. The van der Waals surface area contributed by atoms with E-state index in [0.29, 0.717) is 12.0 Å². The molecule has 0 amide bonds. The minimum atomic E-state index is 0.414. The SMILES string of the molecule is CC(C)c1ccc(COC2CC[N]CC2)cc1. The van der Waals surface area contributed by atoms with Crippen LogP contribution in [0.2, 0.25) is 0 Å². The summed E-state index contributed by atoms with van der Waals surface area (Å²) in [4.78, 5) is 0. The molecule has 0 aromatic heterocycles. The summed E-state index contributed by atoms with van der Waals surface area (Å²) in [5, 5.41) is 4.33. The third kappa shape index (κ3) is 3.83. The summed E-state index contributed by atoms with van der Waals surface area (Å²) in [7, 11) is 0. The quantitative estimate of drug-likeness (QED) is 0.782. The van der Waals surface area contributed by atoms with Crippen LogP contribution in [0.1, 0.15) is 43.7 Å². The van der Waals surface area contributed by atoms with Crippen LogP contribution in [-0.2, 0) is 11.3 Å². The second-order valence-corrected chi connectivity index (χ2v) is 5.08. The summed E-state index contributed by atoms with van der Waals surface area (Å²) < 4.78 is 5.91. The highest BCUT2D eigenvalue weighted by molar-refractivity contribution is 5.24. The van der Waals surface area contributed by atoms with Crippen molar-refractivity contribution in [3.63, 3.8) is 0 Å². The lowest BCUT2D eigenvalue weighted by atomic mass is 10.0. The van der Waals surface area contributed by atoms with Crippen molar-refractivity contribution in [1.29, 1.82) is 0 Å². The van der Waals surface area contributed by atoms with Crippen molar-refractivity contribution >= 4 is 0 Å². The van der Waals surface area contributed by atoms with Crippen molar-refractivity contribution in [2.45, 2.75) is 45.3 Å². The number of hydrogen-bond acceptors (Lipinski definition) is 1. The van der Waals surface area contributed by atoms with Crippen LogP contribution < -0.4 is 5.32 Å². The molecule has 0 bridgehead atoms. The Morgan fingerprint density at radius 2 is 1.82 bits per heavy atom. The van der Waals surface area contributed by atoms with Crippen molar-refractivity contribution in [1.82, 2.24) is 5.32 Å². The summed E-state index contributed by atoms with van der Waals surface area (Å²) in [5.41, 5.74) is 2.67. The van der Waals surface area contributed by atoms with Crippen molar-refractivity contribution in [3.05, 3.63) is 35.4 Å². The molecule has 0 spiro atoms. The van der Waals surface area contributed by atoms with Gasteiger partial charge in [-0.25, -0.2) is 5.32 Å². The number of nitrogens with zero attached hydrogens (tertiary/aromatic N) is 1. The summed E-state index contributed by atoms with van der Waals surface area (Å²) in [6.45, 7) is 7.12. The lowest BCUT2D eigenvalue weighted by Crippen LogP contribution is -2.28. The molecule has 0 atom stereocenters. The minimum absolute atomic E-state index is 0.414. The molecule has 1 saturated heterocycles. The molecule has 93 valence electrons. The van der Waals surface area contributed by atoms with Crippen LogP contribution in [0.25, 0.3) is 0 Å². The van der Waals surface area contributed by atoms with E-state index in [1.165, 1.54) is 11.1 Å². The standard InChI is InChI=1S/C15H22NO/c1-12(2)14-5-3-13(4-6-14)11-17-15-7-9-16-10-8-15/h3-6,12,15H,7-11H2,1-2H3. The molecule has 1 aliphatic heterocycles. The van der Waals surface area contributed by atoms with E-state index >= 15 is 0 Å². The first-order chi connectivity index (χ1) is 8.25. The van der Waals surface area contributed by atoms with Gasteiger partial charge in [0.2, 0.25) is 0 Å². The monoisotopic (exact) mass is 232 g/mol. The van der Waals surface area contributed by atoms with E-state index in [9.17, 15) is 0 Å². The molecular weight excluding hydrogens is 210 g/mol. The molecule has 1 radical (unpaired) electrons. The van der Waals surface area contributed by atoms with Gasteiger partial charge in [0.05, 0.1) is 12.7 Å². The number of piperidine rings is 1. The van der Waals surface area contributed by atoms with Gasteiger partial charge in [0.25, 0.3) is 0 Å². The fourth-order valence-electron chi connectivity index (χ4n) is 2.11. The second kappa shape index (κ2) is 6.18. The smallest absolute Gasteiger partial charge is 0.0720 e. The van der Waals surface area contributed by atoms with Gasteiger partial charge in [0.15, 0.2) is 0 Å².